The molecule has 3 atom stereocenters. The average Bonchev–Trinajstić information content (AvgIpc) is 2.84. The van der Waals surface area contributed by atoms with E-state index in [0.717, 1.165) is 0 Å². The number of hydrogen-bond donors (Lipinski definition) is 1. The van der Waals surface area contributed by atoms with Crippen molar-refractivity contribution in [3.63, 3.8) is 0 Å². The van der Waals surface area contributed by atoms with Crippen molar-refractivity contribution < 1.29 is 19.4 Å². The fourth-order valence-electron chi connectivity index (χ4n) is 2.42. The molecule has 5 heteroatoms. The van der Waals surface area contributed by atoms with Gasteiger partial charge in [0.2, 0.25) is 11.8 Å². The minimum Gasteiger partial charge on any atom is -0.386 e. The number of imide groups is 1. The smallest absolute Gasteiger partial charge is 0.233 e. The van der Waals surface area contributed by atoms with E-state index >= 15 is 0 Å². The van der Waals surface area contributed by atoms with Crippen LogP contribution in [0, 0.1) is 11.8 Å². The minimum atomic E-state index is -1.01. The Morgan fingerprint density at radius 1 is 1.40 bits per heavy atom. The molecule has 0 spiro atoms. The Labute approximate surface area is 87.0 Å². The molecule has 0 aromatic carbocycles. The van der Waals surface area contributed by atoms with Gasteiger partial charge in [-0.2, -0.15) is 0 Å². The van der Waals surface area contributed by atoms with Gasteiger partial charge in [-0.1, -0.05) is 0 Å². The van der Waals surface area contributed by atoms with Crippen LogP contribution in [0.5, 0.6) is 0 Å². The van der Waals surface area contributed by atoms with Crippen molar-refractivity contribution in [2.45, 2.75) is 18.4 Å². The van der Waals surface area contributed by atoms with E-state index in [1.54, 1.807) is 0 Å². The number of ether oxygens (including phenoxy) is 1. The molecule has 3 aliphatic rings. The van der Waals surface area contributed by atoms with Gasteiger partial charge in [-0.05, 0) is 6.42 Å². The number of aliphatic hydroxyl groups is 1. The summed E-state index contributed by atoms with van der Waals surface area (Å²) in [7, 11) is 0. The molecule has 3 fully saturated rings. The summed E-state index contributed by atoms with van der Waals surface area (Å²) in [5, 5.41) is 10.0. The number of β-amino-alcohol motifs (C(OH)–C–C–N with tert-alkyl or cyclic N) is 1. The van der Waals surface area contributed by atoms with Crippen LogP contribution in [0.15, 0.2) is 0 Å². The van der Waals surface area contributed by atoms with E-state index in [-0.39, 0.29) is 36.8 Å². The molecule has 1 N–H and O–H groups in total. The van der Waals surface area contributed by atoms with Crippen molar-refractivity contribution in [3.8, 4) is 0 Å². The van der Waals surface area contributed by atoms with Gasteiger partial charge in [0.15, 0.2) is 0 Å². The molecular weight excluding hydrogens is 198 g/mol. The molecule has 0 aromatic heterocycles. The first-order chi connectivity index (χ1) is 7.11. The van der Waals surface area contributed by atoms with Gasteiger partial charge in [0, 0.05) is 13.0 Å². The zero-order valence-electron chi connectivity index (χ0n) is 8.31. The molecule has 1 aliphatic carbocycles. The number of piperidine rings is 1. The van der Waals surface area contributed by atoms with Gasteiger partial charge < -0.3 is 9.84 Å². The lowest BCUT2D eigenvalue weighted by Crippen LogP contribution is -2.47. The summed E-state index contributed by atoms with van der Waals surface area (Å²) in [4.78, 5) is 24.5. The van der Waals surface area contributed by atoms with Crippen molar-refractivity contribution in [3.05, 3.63) is 0 Å². The van der Waals surface area contributed by atoms with Crippen LogP contribution < -0.4 is 0 Å². The van der Waals surface area contributed by atoms with Crippen LogP contribution in [0.1, 0.15) is 12.8 Å². The Kier molecular flexibility index (Phi) is 1.73. The standard InChI is InChI=1S/C10H13NO4/c12-8-6-3-7(6)9(13)11(8)4-10(14)1-2-15-5-10/h6-7,14H,1-5H2. The van der Waals surface area contributed by atoms with E-state index < -0.39 is 5.60 Å². The number of rotatable bonds is 2. The third kappa shape index (κ3) is 1.30. The van der Waals surface area contributed by atoms with Gasteiger partial charge in [0.05, 0.1) is 25.0 Å². The zero-order chi connectivity index (χ0) is 10.6. The minimum absolute atomic E-state index is 0.0802. The Morgan fingerprint density at radius 2 is 2.07 bits per heavy atom. The second-order valence-corrected chi connectivity index (χ2v) is 4.74. The maximum absolute atomic E-state index is 11.6. The molecule has 2 amide bonds. The lowest BCUT2D eigenvalue weighted by molar-refractivity contribution is -0.145. The average molecular weight is 211 g/mol. The summed E-state index contributed by atoms with van der Waals surface area (Å²) >= 11 is 0. The monoisotopic (exact) mass is 211 g/mol. The van der Waals surface area contributed by atoms with Crippen LogP contribution >= 0.6 is 0 Å². The molecule has 0 radical (unpaired) electrons. The second-order valence-electron chi connectivity index (χ2n) is 4.74. The number of likely N-dealkylation sites (tertiary alicyclic amines) is 1. The molecule has 1 saturated carbocycles. The fraction of sp³-hybridized carbons (Fsp3) is 0.800. The Balaban J connectivity index is 1.73. The van der Waals surface area contributed by atoms with Crippen LogP contribution in [0.4, 0.5) is 0 Å². The number of carbonyl (C=O) groups is 2. The number of carbonyl (C=O) groups excluding carboxylic acids is 2. The van der Waals surface area contributed by atoms with Gasteiger partial charge >= 0.3 is 0 Å². The van der Waals surface area contributed by atoms with Crippen LogP contribution in [0.2, 0.25) is 0 Å². The van der Waals surface area contributed by atoms with E-state index in [1.807, 2.05) is 0 Å². The Morgan fingerprint density at radius 3 is 2.60 bits per heavy atom. The van der Waals surface area contributed by atoms with Crippen molar-refractivity contribution in [2.75, 3.05) is 19.8 Å². The highest BCUT2D eigenvalue weighted by molar-refractivity contribution is 6.08. The predicted molar refractivity (Wildman–Crippen MR) is 48.7 cm³/mol. The summed E-state index contributed by atoms with van der Waals surface area (Å²) in [5.74, 6) is -0.373. The van der Waals surface area contributed by atoms with Crippen molar-refractivity contribution >= 4 is 11.8 Å². The first-order valence-electron chi connectivity index (χ1n) is 5.26. The SMILES string of the molecule is O=C1C2CC2C(=O)N1CC1(O)CCOC1. The van der Waals surface area contributed by atoms with Crippen LogP contribution in [-0.4, -0.2) is 47.2 Å². The highest BCUT2D eigenvalue weighted by Gasteiger charge is 2.59. The summed E-state index contributed by atoms with van der Waals surface area (Å²) in [6.45, 7) is 0.830. The van der Waals surface area contributed by atoms with E-state index in [2.05, 4.69) is 0 Å². The first-order valence-corrected chi connectivity index (χ1v) is 5.26. The molecule has 3 unspecified atom stereocenters. The number of nitrogens with zero attached hydrogens (tertiary/aromatic N) is 1. The summed E-state index contributed by atoms with van der Waals surface area (Å²) < 4.78 is 5.08. The highest BCUT2D eigenvalue weighted by Crippen LogP contribution is 2.47. The van der Waals surface area contributed by atoms with E-state index in [4.69, 9.17) is 4.74 Å². The highest BCUT2D eigenvalue weighted by atomic mass is 16.5. The van der Waals surface area contributed by atoms with Crippen LogP contribution in [-0.2, 0) is 14.3 Å². The van der Waals surface area contributed by atoms with Crippen LogP contribution in [0.3, 0.4) is 0 Å². The van der Waals surface area contributed by atoms with Gasteiger partial charge in [-0.25, -0.2) is 0 Å². The molecule has 5 nitrogen and oxygen atoms in total. The van der Waals surface area contributed by atoms with E-state index in [0.29, 0.717) is 19.4 Å². The maximum atomic E-state index is 11.6. The molecule has 0 bridgehead atoms. The molecule has 3 rings (SSSR count). The summed E-state index contributed by atoms with van der Waals surface area (Å²) in [6, 6.07) is 0. The zero-order valence-corrected chi connectivity index (χ0v) is 8.31. The quantitative estimate of drug-likeness (QED) is 0.604. The number of fused-ring (bicyclic) bond motifs is 1. The molecule has 2 saturated heterocycles. The van der Waals surface area contributed by atoms with Crippen molar-refractivity contribution in [1.29, 1.82) is 0 Å². The third-order valence-electron chi connectivity index (χ3n) is 3.49. The molecule has 2 heterocycles. The van der Waals surface area contributed by atoms with E-state index in [9.17, 15) is 14.7 Å². The summed E-state index contributed by atoms with van der Waals surface area (Å²) in [6.07, 6.45) is 1.21. The molecule has 82 valence electrons. The summed E-state index contributed by atoms with van der Waals surface area (Å²) in [5.41, 5.74) is -1.01. The third-order valence-corrected chi connectivity index (χ3v) is 3.49. The fourth-order valence-corrected chi connectivity index (χ4v) is 2.42. The first kappa shape index (κ1) is 9.30. The predicted octanol–water partition coefficient (Wildman–Crippen LogP) is -0.857. The molecule has 0 aromatic rings. The topological polar surface area (TPSA) is 66.8 Å². The number of amides is 2. The molecular formula is C10H13NO4. The Bertz CT molecular complexity index is 314. The second kappa shape index (κ2) is 2.80. The van der Waals surface area contributed by atoms with Crippen LogP contribution in [0.25, 0.3) is 0 Å². The normalized spacial score (nSPS) is 43.7. The van der Waals surface area contributed by atoms with Crippen molar-refractivity contribution in [2.24, 2.45) is 11.8 Å². The largest absolute Gasteiger partial charge is 0.386 e. The van der Waals surface area contributed by atoms with Gasteiger partial charge in [0.1, 0.15) is 5.60 Å². The lowest BCUT2D eigenvalue weighted by atomic mass is 10.0. The molecule has 15 heavy (non-hydrogen) atoms. The maximum Gasteiger partial charge on any atom is 0.233 e. The van der Waals surface area contributed by atoms with E-state index in [1.165, 1.54) is 4.90 Å². The van der Waals surface area contributed by atoms with Gasteiger partial charge in [-0.15, -0.1) is 0 Å². The van der Waals surface area contributed by atoms with Crippen molar-refractivity contribution in [1.82, 2.24) is 4.90 Å². The number of hydrogen-bond acceptors (Lipinski definition) is 4. The Hall–Kier alpha value is -0.940. The molecule has 2 aliphatic heterocycles. The lowest BCUT2D eigenvalue weighted by Gasteiger charge is -2.26. The van der Waals surface area contributed by atoms with Gasteiger partial charge in [-0.3, -0.25) is 14.5 Å². The van der Waals surface area contributed by atoms with Gasteiger partial charge in [0.25, 0.3) is 0 Å².